The van der Waals surface area contributed by atoms with Crippen molar-refractivity contribution in [1.82, 2.24) is 20.4 Å². The minimum Gasteiger partial charge on any atom is -0.356 e. The van der Waals surface area contributed by atoms with Gasteiger partial charge >= 0.3 is 0 Å². The van der Waals surface area contributed by atoms with Crippen LogP contribution in [-0.4, -0.2) is 35.9 Å². The van der Waals surface area contributed by atoms with E-state index in [0.717, 1.165) is 31.9 Å². The SMILES string of the molecule is CN=C(NCCCc1cnn(C)c1)NCC(C)c1cccs1. The first-order valence-corrected chi connectivity index (χ1v) is 8.52. The molecular formula is C16H25N5S. The van der Waals surface area contributed by atoms with E-state index in [1.807, 2.05) is 25.0 Å². The van der Waals surface area contributed by atoms with Crippen LogP contribution in [0.4, 0.5) is 0 Å². The fourth-order valence-electron chi connectivity index (χ4n) is 2.24. The third kappa shape index (κ3) is 5.18. The standard InChI is InChI=1S/C16H25N5S/c1-13(15-7-5-9-22-15)10-19-16(17-2)18-8-4-6-14-11-20-21(3)12-14/h5,7,9,11-13H,4,6,8,10H2,1-3H3,(H2,17,18,19). The summed E-state index contributed by atoms with van der Waals surface area (Å²) in [5.41, 5.74) is 1.28. The largest absolute Gasteiger partial charge is 0.356 e. The fraction of sp³-hybridized carbons (Fsp3) is 0.500. The molecule has 2 aromatic rings. The second-order valence-corrected chi connectivity index (χ2v) is 6.40. The van der Waals surface area contributed by atoms with E-state index in [-0.39, 0.29) is 0 Å². The number of rotatable bonds is 7. The maximum atomic E-state index is 4.27. The van der Waals surface area contributed by atoms with Gasteiger partial charge in [0.05, 0.1) is 6.20 Å². The predicted octanol–water partition coefficient (Wildman–Crippen LogP) is 2.38. The van der Waals surface area contributed by atoms with E-state index in [1.165, 1.54) is 10.4 Å². The lowest BCUT2D eigenvalue weighted by Crippen LogP contribution is -2.39. The average molecular weight is 319 g/mol. The molecule has 2 rings (SSSR count). The number of guanidine groups is 1. The van der Waals surface area contributed by atoms with Crippen molar-refractivity contribution in [2.75, 3.05) is 20.1 Å². The molecule has 0 aliphatic heterocycles. The van der Waals surface area contributed by atoms with E-state index >= 15 is 0 Å². The highest BCUT2D eigenvalue weighted by molar-refractivity contribution is 7.10. The predicted molar refractivity (Wildman–Crippen MR) is 93.6 cm³/mol. The molecule has 0 saturated heterocycles. The van der Waals surface area contributed by atoms with Crippen molar-refractivity contribution in [3.8, 4) is 0 Å². The molecule has 2 N–H and O–H groups in total. The normalized spacial score (nSPS) is 13.1. The third-order valence-corrected chi connectivity index (χ3v) is 4.63. The second-order valence-electron chi connectivity index (χ2n) is 5.42. The number of hydrogen-bond acceptors (Lipinski definition) is 3. The lowest BCUT2D eigenvalue weighted by atomic mass is 10.1. The molecule has 1 atom stereocenters. The molecule has 22 heavy (non-hydrogen) atoms. The van der Waals surface area contributed by atoms with E-state index in [9.17, 15) is 0 Å². The zero-order valence-electron chi connectivity index (χ0n) is 13.5. The maximum Gasteiger partial charge on any atom is 0.190 e. The summed E-state index contributed by atoms with van der Waals surface area (Å²) >= 11 is 1.80. The molecule has 0 spiro atoms. The molecule has 6 heteroatoms. The van der Waals surface area contributed by atoms with Crippen LogP contribution in [0.5, 0.6) is 0 Å². The van der Waals surface area contributed by atoms with Gasteiger partial charge in [-0.15, -0.1) is 11.3 Å². The number of aryl methyl sites for hydroxylation is 2. The van der Waals surface area contributed by atoms with Gasteiger partial charge < -0.3 is 10.6 Å². The molecule has 0 radical (unpaired) electrons. The van der Waals surface area contributed by atoms with Crippen molar-refractivity contribution in [3.63, 3.8) is 0 Å². The number of thiophene rings is 1. The second kappa shape index (κ2) is 8.58. The van der Waals surface area contributed by atoms with Crippen LogP contribution in [-0.2, 0) is 13.5 Å². The molecule has 1 unspecified atom stereocenters. The Labute approximate surface area is 136 Å². The summed E-state index contributed by atoms with van der Waals surface area (Å²) in [5, 5.41) is 13.1. The van der Waals surface area contributed by atoms with E-state index in [1.54, 1.807) is 11.3 Å². The molecule has 5 nitrogen and oxygen atoms in total. The first-order valence-electron chi connectivity index (χ1n) is 7.64. The fourth-order valence-corrected chi connectivity index (χ4v) is 3.03. The summed E-state index contributed by atoms with van der Waals surface area (Å²) < 4.78 is 1.84. The van der Waals surface area contributed by atoms with Crippen LogP contribution in [0.25, 0.3) is 0 Å². The Morgan fingerprint density at radius 1 is 1.45 bits per heavy atom. The highest BCUT2D eigenvalue weighted by Crippen LogP contribution is 2.19. The molecule has 0 aliphatic carbocycles. The number of aromatic nitrogens is 2. The molecule has 0 amide bonds. The lowest BCUT2D eigenvalue weighted by molar-refractivity contribution is 0.695. The molecule has 120 valence electrons. The number of aliphatic imine (C=N–C) groups is 1. The van der Waals surface area contributed by atoms with Crippen LogP contribution < -0.4 is 10.6 Å². The van der Waals surface area contributed by atoms with Crippen LogP contribution in [0.3, 0.4) is 0 Å². The topological polar surface area (TPSA) is 54.2 Å². The van der Waals surface area contributed by atoms with E-state index in [4.69, 9.17) is 0 Å². The molecule has 0 saturated carbocycles. The quantitative estimate of drug-likeness (QED) is 0.468. The Balaban J connectivity index is 1.65. The third-order valence-electron chi connectivity index (χ3n) is 3.52. The summed E-state index contributed by atoms with van der Waals surface area (Å²) in [6.45, 7) is 4.03. The Bertz CT molecular complexity index is 573. The minimum atomic E-state index is 0.494. The Morgan fingerprint density at radius 3 is 2.95 bits per heavy atom. The van der Waals surface area contributed by atoms with Gasteiger partial charge in [0.1, 0.15) is 0 Å². The van der Waals surface area contributed by atoms with Gasteiger partial charge in [-0.05, 0) is 29.9 Å². The first-order chi connectivity index (χ1) is 10.7. The summed E-state index contributed by atoms with van der Waals surface area (Å²) in [7, 11) is 3.76. The smallest absolute Gasteiger partial charge is 0.190 e. The van der Waals surface area contributed by atoms with Gasteiger partial charge in [0.15, 0.2) is 5.96 Å². The van der Waals surface area contributed by atoms with Crippen molar-refractivity contribution in [2.24, 2.45) is 12.0 Å². The van der Waals surface area contributed by atoms with Gasteiger partial charge in [0.25, 0.3) is 0 Å². The van der Waals surface area contributed by atoms with Crippen molar-refractivity contribution < 1.29 is 0 Å². The van der Waals surface area contributed by atoms with Crippen molar-refractivity contribution in [2.45, 2.75) is 25.7 Å². The summed E-state index contributed by atoms with van der Waals surface area (Å²) in [6, 6.07) is 4.28. The summed E-state index contributed by atoms with van der Waals surface area (Å²) in [4.78, 5) is 5.67. The van der Waals surface area contributed by atoms with Crippen LogP contribution in [0.1, 0.15) is 29.7 Å². The Morgan fingerprint density at radius 2 is 2.32 bits per heavy atom. The highest BCUT2D eigenvalue weighted by Gasteiger charge is 2.07. The number of nitrogens with one attached hydrogen (secondary N) is 2. The van der Waals surface area contributed by atoms with Gasteiger partial charge in [0, 0.05) is 44.2 Å². The van der Waals surface area contributed by atoms with Gasteiger partial charge in [-0.1, -0.05) is 13.0 Å². The van der Waals surface area contributed by atoms with E-state index in [2.05, 4.69) is 51.4 Å². The maximum absolute atomic E-state index is 4.27. The van der Waals surface area contributed by atoms with Crippen LogP contribution in [0.2, 0.25) is 0 Å². The Hall–Kier alpha value is -1.82. The number of nitrogens with zero attached hydrogens (tertiary/aromatic N) is 3. The van der Waals surface area contributed by atoms with Crippen molar-refractivity contribution in [3.05, 3.63) is 40.3 Å². The van der Waals surface area contributed by atoms with Crippen molar-refractivity contribution >= 4 is 17.3 Å². The van der Waals surface area contributed by atoms with Crippen LogP contribution in [0.15, 0.2) is 34.9 Å². The molecule has 0 fully saturated rings. The molecule has 0 aliphatic rings. The first kappa shape index (κ1) is 16.5. The Kier molecular flexibility index (Phi) is 6.45. The monoisotopic (exact) mass is 319 g/mol. The van der Waals surface area contributed by atoms with Crippen molar-refractivity contribution in [1.29, 1.82) is 0 Å². The van der Waals surface area contributed by atoms with Gasteiger partial charge in [0.2, 0.25) is 0 Å². The zero-order valence-corrected chi connectivity index (χ0v) is 14.4. The van der Waals surface area contributed by atoms with Crippen LogP contribution >= 0.6 is 11.3 Å². The highest BCUT2D eigenvalue weighted by atomic mass is 32.1. The zero-order chi connectivity index (χ0) is 15.8. The van der Waals surface area contributed by atoms with E-state index in [0.29, 0.717) is 5.92 Å². The molecule has 0 aromatic carbocycles. The molecule has 2 aromatic heterocycles. The molecular weight excluding hydrogens is 294 g/mol. The summed E-state index contributed by atoms with van der Waals surface area (Å²) in [5.74, 6) is 1.36. The molecule has 0 bridgehead atoms. The van der Waals surface area contributed by atoms with Crippen LogP contribution in [0, 0.1) is 0 Å². The number of hydrogen-bond donors (Lipinski definition) is 2. The summed E-state index contributed by atoms with van der Waals surface area (Å²) in [6.07, 6.45) is 6.09. The molecule has 2 heterocycles. The van der Waals surface area contributed by atoms with Gasteiger partial charge in [-0.2, -0.15) is 5.10 Å². The van der Waals surface area contributed by atoms with E-state index < -0.39 is 0 Å². The lowest BCUT2D eigenvalue weighted by Gasteiger charge is -2.15. The minimum absolute atomic E-state index is 0.494. The average Bonchev–Trinajstić information content (AvgIpc) is 3.18. The van der Waals surface area contributed by atoms with Gasteiger partial charge in [-0.25, -0.2) is 0 Å². The van der Waals surface area contributed by atoms with Gasteiger partial charge in [-0.3, -0.25) is 9.67 Å².